The van der Waals surface area contributed by atoms with Crippen molar-refractivity contribution >= 4 is 35.6 Å². The van der Waals surface area contributed by atoms with Gasteiger partial charge in [0.15, 0.2) is 0 Å². The van der Waals surface area contributed by atoms with E-state index in [4.69, 9.17) is 11.6 Å². The summed E-state index contributed by atoms with van der Waals surface area (Å²) in [6.45, 7) is 3.87. The molecule has 0 spiro atoms. The summed E-state index contributed by atoms with van der Waals surface area (Å²) in [4.78, 5) is 26.1. The van der Waals surface area contributed by atoms with Crippen LogP contribution in [0.15, 0.2) is 18.2 Å². The number of likely N-dealkylation sites (N-methyl/N-ethyl adjacent to an activating group) is 1. The Bertz CT molecular complexity index is 565. The molecule has 2 rings (SSSR count). The summed E-state index contributed by atoms with van der Waals surface area (Å²) in [6.07, 6.45) is 0. The first-order valence-electron chi connectivity index (χ1n) is 7.07. The third-order valence-corrected chi connectivity index (χ3v) is 3.91. The third kappa shape index (κ3) is 5.62. The molecule has 1 aliphatic heterocycles. The topological polar surface area (TPSA) is 78.7 Å². The zero-order chi connectivity index (χ0) is 16.1. The van der Waals surface area contributed by atoms with Gasteiger partial charge in [0.05, 0.1) is 16.5 Å². The van der Waals surface area contributed by atoms with Gasteiger partial charge >= 0.3 is 0 Å². The van der Waals surface area contributed by atoms with E-state index in [9.17, 15) is 14.9 Å². The maximum absolute atomic E-state index is 12.2. The molecule has 128 valence electrons. The molecule has 1 fully saturated rings. The van der Waals surface area contributed by atoms with Gasteiger partial charge in [0.1, 0.15) is 0 Å². The molecular weight excluding hydrogens is 343 g/mol. The molecule has 1 heterocycles. The van der Waals surface area contributed by atoms with Crippen molar-refractivity contribution in [1.82, 2.24) is 15.1 Å². The number of piperazine rings is 1. The Kier molecular flexibility index (Phi) is 7.70. The van der Waals surface area contributed by atoms with E-state index in [0.717, 1.165) is 31.7 Å². The van der Waals surface area contributed by atoms with Crippen LogP contribution >= 0.6 is 24.0 Å². The Morgan fingerprint density at radius 1 is 1.43 bits per heavy atom. The fraction of sp³-hybridized carbons (Fsp3) is 0.500. The van der Waals surface area contributed by atoms with Crippen LogP contribution in [0.2, 0.25) is 5.02 Å². The van der Waals surface area contributed by atoms with Gasteiger partial charge in [-0.2, -0.15) is 0 Å². The van der Waals surface area contributed by atoms with Crippen LogP contribution in [0.25, 0.3) is 0 Å². The van der Waals surface area contributed by atoms with E-state index in [-0.39, 0.29) is 24.0 Å². The maximum atomic E-state index is 12.2. The molecule has 0 bridgehead atoms. The molecule has 1 amide bonds. The van der Waals surface area contributed by atoms with Crippen molar-refractivity contribution in [3.05, 3.63) is 38.9 Å². The van der Waals surface area contributed by atoms with Crippen LogP contribution in [0.4, 0.5) is 5.69 Å². The second-order valence-corrected chi connectivity index (χ2v) is 5.74. The molecule has 23 heavy (non-hydrogen) atoms. The standard InChI is InChI=1S/C14H19ClN4O3.ClH/c1-17(10-14(20)18-6-4-16-5-7-18)9-11-2-3-12(19(21)22)8-13(11)15;/h2-3,8,16H,4-7,9-10H2,1H3;1H. The normalized spacial score (nSPS) is 14.5. The number of carbonyl (C=O) groups is 1. The first kappa shape index (κ1) is 19.6. The molecule has 1 aliphatic rings. The van der Waals surface area contributed by atoms with Crippen LogP contribution in [0.1, 0.15) is 5.56 Å². The molecular formula is C14H20Cl2N4O3. The highest BCUT2D eigenvalue weighted by molar-refractivity contribution is 6.31. The summed E-state index contributed by atoms with van der Waals surface area (Å²) in [6, 6.07) is 4.39. The number of benzene rings is 1. The average Bonchev–Trinajstić information content (AvgIpc) is 2.50. The minimum Gasteiger partial charge on any atom is -0.339 e. The number of carbonyl (C=O) groups excluding carboxylic acids is 1. The molecule has 7 nitrogen and oxygen atoms in total. The molecule has 9 heteroatoms. The summed E-state index contributed by atoms with van der Waals surface area (Å²) < 4.78 is 0. The number of rotatable bonds is 5. The number of nitrogens with zero attached hydrogens (tertiary/aromatic N) is 3. The Morgan fingerprint density at radius 3 is 2.65 bits per heavy atom. The third-order valence-electron chi connectivity index (χ3n) is 3.56. The van der Waals surface area contributed by atoms with Crippen LogP contribution in [0.5, 0.6) is 0 Å². The molecule has 1 aromatic rings. The molecule has 1 saturated heterocycles. The van der Waals surface area contributed by atoms with Gasteiger partial charge in [-0.25, -0.2) is 0 Å². The number of non-ortho nitro benzene ring substituents is 1. The van der Waals surface area contributed by atoms with Gasteiger partial charge in [0.2, 0.25) is 5.91 Å². The Hall–Kier alpha value is -1.41. The summed E-state index contributed by atoms with van der Waals surface area (Å²) >= 11 is 6.07. The summed E-state index contributed by atoms with van der Waals surface area (Å²) in [5.74, 6) is 0.0852. The molecule has 0 saturated carbocycles. The lowest BCUT2D eigenvalue weighted by Crippen LogP contribution is -2.49. The first-order valence-corrected chi connectivity index (χ1v) is 7.45. The summed E-state index contributed by atoms with van der Waals surface area (Å²) in [5.41, 5.74) is 0.733. The van der Waals surface area contributed by atoms with Crippen LogP contribution in [0, 0.1) is 10.1 Å². The van der Waals surface area contributed by atoms with Crippen molar-refractivity contribution in [3.63, 3.8) is 0 Å². The van der Waals surface area contributed by atoms with Crippen LogP contribution in [-0.4, -0.2) is 60.4 Å². The predicted octanol–water partition coefficient (Wildman–Crippen LogP) is 1.53. The van der Waals surface area contributed by atoms with Crippen molar-refractivity contribution in [1.29, 1.82) is 0 Å². The average molecular weight is 363 g/mol. The number of hydrogen-bond donors (Lipinski definition) is 1. The van der Waals surface area contributed by atoms with Gasteiger partial charge in [-0.05, 0) is 18.7 Å². The second-order valence-electron chi connectivity index (χ2n) is 5.34. The van der Waals surface area contributed by atoms with Crippen LogP contribution < -0.4 is 5.32 Å². The predicted molar refractivity (Wildman–Crippen MR) is 91.1 cm³/mol. The lowest BCUT2D eigenvalue weighted by atomic mass is 10.2. The van der Waals surface area contributed by atoms with Gasteiger partial charge < -0.3 is 10.2 Å². The number of hydrogen-bond acceptors (Lipinski definition) is 5. The number of nitro groups is 1. The van der Waals surface area contributed by atoms with E-state index in [1.807, 2.05) is 16.8 Å². The van der Waals surface area contributed by atoms with Gasteiger partial charge in [-0.1, -0.05) is 11.6 Å². The fourth-order valence-corrected chi connectivity index (χ4v) is 2.60. The quantitative estimate of drug-likeness (QED) is 0.634. The molecule has 0 atom stereocenters. The highest BCUT2D eigenvalue weighted by Gasteiger charge is 2.18. The van der Waals surface area contributed by atoms with Crippen molar-refractivity contribution in [2.75, 3.05) is 39.8 Å². The van der Waals surface area contributed by atoms with Crippen molar-refractivity contribution in [2.45, 2.75) is 6.54 Å². The van der Waals surface area contributed by atoms with Crippen molar-refractivity contribution < 1.29 is 9.72 Å². The number of amides is 1. The fourth-order valence-electron chi connectivity index (χ4n) is 2.37. The Balaban J connectivity index is 0.00000264. The van der Waals surface area contributed by atoms with E-state index >= 15 is 0 Å². The first-order chi connectivity index (χ1) is 10.5. The van der Waals surface area contributed by atoms with E-state index in [2.05, 4.69) is 5.32 Å². The Morgan fingerprint density at radius 2 is 2.09 bits per heavy atom. The highest BCUT2D eigenvalue weighted by atomic mass is 35.5. The zero-order valence-electron chi connectivity index (χ0n) is 12.8. The lowest BCUT2D eigenvalue weighted by Gasteiger charge is -2.29. The van der Waals surface area contributed by atoms with Gasteiger partial charge in [-0.3, -0.25) is 19.8 Å². The van der Waals surface area contributed by atoms with Crippen molar-refractivity contribution in [2.24, 2.45) is 0 Å². The summed E-state index contributed by atoms with van der Waals surface area (Å²) in [7, 11) is 1.83. The Labute approximate surface area is 146 Å². The SMILES string of the molecule is CN(CC(=O)N1CCNCC1)Cc1ccc([N+](=O)[O-])cc1Cl.Cl. The zero-order valence-corrected chi connectivity index (χ0v) is 14.4. The number of halogens is 2. The van der Waals surface area contributed by atoms with E-state index < -0.39 is 4.92 Å². The molecule has 0 aliphatic carbocycles. The minimum absolute atomic E-state index is 0. The minimum atomic E-state index is -0.479. The molecule has 0 radical (unpaired) electrons. The van der Waals surface area contributed by atoms with Gasteiger partial charge in [0.25, 0.3) is 5.69 Å². The van der Waals surface area contributed by atoms with Crippen LogP contribution in [-0.2, 0) is 11.3 Å². The molecule has 1 aromatic carbocycles. The lowest BCUT2D eigenvalue weighted by molar-refractivity contribution is -0.384. The number of nitrogens with one attached hydrogen (secondary N) is 1. The highest BCUT2D eigenvalue weighted by Crippen LogP contribution is 2.23. The maximum Gasteiger partial charge on any atom is 0.270 e. The van der Waals surface area contributed by atoms with E-state index in [1.54, 1.807) is 6.07 Å². The smallest absolute Gasteiger partial charge is 0.270 e. The van der Waals surface area contributed by atoms with Crippen LogP contribution in [0.3, 0.4) is 0 Å². The monoisotopic (exact) mass is 362 g/mol. The molecule has 0 unspecified atom stereocenters. The van der Waals surface area contributed by atoms with Crippen molar-refractivity contribution in [3.8, 4) is 0 Å². The second kappa shape index (κ2) is 9.02. The summed E-state index contributed by atoms with van der Waals surface area (Å²) in [5, 5.41) is 14.2. The van der Waals surface area contributed by atoms with Gasteiger partial charge in [-0.15, -0.1) is 12.4 Å². The van der Waals surface area contributed by atoms with E-state index in [0.29, 0.717) is 18.1 Å². The molecule has 0 aromatic heterocycles. The number of nitro benzene ring substituents is 1. The van der Waals surface area contributed by atoms with E-state index in [1.165, 1.54) is 12.1 Å². The molecule has 1 N–H and O–H groups in total. The van der Waals surface area contributed by atoms with Gasteiger partial charge in [0, 0.05) is 44.9 Å². The largest absolute Gasteiger partial charge is 0.339 e.